The summed E-state index contributed by atoms with van der Waals surface area (Å²) in [6.45, 7) is 2.24. The first kappa shape index (κ1) is 13.4. The Morgan fingerprint density at radius 1 is 1.47 bits per heavy atom. The maximum Gasteiger partial charge on any atom is 0.328 e. The predicted octanol–water partition coefficient (Wildman–Crippen LogP) is 2.29. The summed E-state index contributed by atoms with van der Waals surface area (Å²) in [5.41, 5.74) is 2.01. The highest BCUT2D eigenvalue weighted by Crippen LogP contribution is 2.18. The summed E-state index contributed by atoms with van der Waals surface area (Å²) in [6, 6.07) is 3.12. The average molecular weight is 237 g/mol. The number of nitrogens with zero attached hydrogens (tertiary/aromatic N) is 1. The molecule has 3 nitrogen and oxygen atoms in total. The zero-order chi connectivity index (χ0) is 13.0. The van der Waals surface area contributed by atoms with E-state index in [0.717, 1.165) is 17.2 Å². The molecule has 0 unspecified atom stereocenters. The third kappa shape index (κ3) is 4.00. The molecule has 1 aromatic rings. The molecule has 0 radical (unpaired) electrons. The number of carbonyl (C=O) groups is 1. The fraction of sp³-hybridized carbons (Fsp3) is 0.308. The lowest BCUT2D eigenvalue weighted by Gasteiger charge is -2.12. The second-order valence-corrected chi connectivity index (χ2v) is 4.21. The van der Waals surface area contributed by atoms with Crippen molar-refractivity contribution in [1.82, 2.24) is 4.90 Å². The Morgan fingerprint density at radius 2 is 2.12 bits per heavy atom. The van der Waals surface area contributed by atoms with Crippen LogP contribution in [0.4, 0.5) is 4.39 Å². The number of hydrogen-bond donors (Lipinski definition) is 1. The summed E-state index contributed by atoms with van der Waals surface area (Å²) in [5, 5.41) is 8.57. The lowest BCUT2D eigenvalue weighted by molar-refractivity contribution is -0.131. The van der Waals surface area contributed by atoms with Crippen molar-refractivity contribution in [1.29, 1.82) is 0 Å². The first-order valence-corrected chi connectivity index (χ1v) is 5.25. The fourth-order valence-electron chi connectivity index (χ4n) is 1.54. The Balaban J connectivity index is 3.09. The van der Waals surface area contributed by atoms with Crippen LogP contribution in [0.5, 0.6) is 0 Å². The third-order valence-corrected chi connectivity index (χ3v) is 2.33. The number of carboxylic acid groups (broad SMARTS) is 1. The molecule has 0 fully saturated rings. The number of benzene rings is 1. The van der Waals surface area contributed by atoms with E-state index in [1.54, 1.807) is 13.0 Å². The van der Waals surface area contributed by atoms with Crippen LogP contribution in [0.15, 0.2) is 18.2 Å². The van der Waals surface area contributed by atoms with Crippen LogP contribution in [0.1, 0.15) is 16.7 Å². The summed E-state index contributed by atoms with van der Waals surface area (Å²) in [5.74, 6) is -1.27. The third-order valence-electron chi connectivity index (χ3n) is 2.33. The molecular formula is C13H16FNO2. The van der Waals surface area contributed by atoms with Crippen molar-refractivity contribution in [3.63, 3.8) is 0 Å². The highest BCUT2D eigenvalue weighted by molar-refractivity contribution is 5.85. The summed E-state index contributed by atoms with van der Waals surface area (Å²) >= 11 is 0. The van der Waals surface area contributed by atoms with Gasteiger partial charge in [0, 0.05) is 18.2 Å². The normalized spacial score (nSPS) is 11.4. The van der Waals surface area contributed by atoms with Gasteiger partial charge in [-0.1, -0.05) is 0 Å². The SMILES string of the molecule is Cc1cc(F)c(CN(C)C)cc1/C=C/C(=O)O. The average Bonchev–Trinajstić information content (AvgIpc) is 2.19. The van der Waals surface area contributed by atoms with E-state index in [4.69, 9.17) is 5.11 Å². The zero-order valence-electron chi connectivity index (χ0n) is 10.2. The Bertz CT molecular complexity index is 453. The molecule has 0 saturated carbocycles. The predicted molar refractivity (Wildman–Crippen MR) is 65.2 cm³/mol. The van der Waals surface area contributed by atoms with Gasteiger partial charge >= 0.3 is 5.97 Å². The number of aliphatic carboxylic acids is 1. The summed E-state index contributed by atoms with van der Waals surface area (Å²) in [7, 11) is 3.71. The van der Waals surface area contributed by atoms with Gasteiger partial charge < -0.3 is 10.0 Å². The lowest BCUT2D eigenvalue weighted by atomic mass is 10.0. The quantitative estimate of drug-likeness (QED) is 0.817. The van der Waals surface area contributed by atoms with Crippen LogP contribution < -0.4 is 0 Å². The van der Waals surface area contributed by atoms with E-state index in [0.29, 0.717) is 12.1 Å². The molecule has 0 aliphatic carbocycles. The Labute approximate surface area is 100 Å². The molecule has 1 aromatic carbocycles. The maximum absolute atomic E-state index is 13.6. The van der Waals surface area contributed by atoms with E-state index in [-0.39, 0.29) is 5.82 Å². The summed E-state index contributed by atoms with van der Waals surface area (Å²) in [6.07, 6.45) is 2.54. The molecule has 0 saturated heterocycles. The van der Waals surface area contributed by atoms with Crippen LogP contribution in [0.2, 0.25) is 0 Å². The van der Waals surface area contributed by atoms with E-state index in [1.165, 1.54) is 12.1 Å². The molecule has 4 heteroatoms. The number of rotatable bonds is 4. The molecule has 0 heterocycles. The van der Waals surface area contributed by atoms with Crippen LogP contribution in [0.25, 0.3) is 6.08 Å². The number of hydrogen-bond acceptors (Lipinski definition) is 2. The van der Waals surface area contributed by atoms with Crippen molar-refractivity contribution in [2.45, 2.75) is 13.5 Å². The molecule has 92 valence electrons. The molecule has 0 atom stereocenters. The Hall–Kier alpha value is -1.68. The monoisotopic (exact) mass is 237 g/mol. The van der Waals surface area contributed by atoms with Gasteiger partial charge in [0.1, 0.15) is 5.82 Å². The van der Waals surface area contributed by atoms with Crippen LogP contribution in [-0.4, -0.2) is 30.1 Å². The van der Waals surface area contributed by atoms with E-state index in [2.05, 4.69) is 0 Å². The zero-order valence-corrected chi connectivity index (χ0v) is 10.2. The second-order valence-electron chi connectivity index (χ2n) is 4.21. The van der Waals surface area contributed by atoms with Crippen molar-refractivity contribution in [3.05, 3.63) is 40.7 Å². The van der Waals surface area contributed by atoms with Crippen molar-refractivity contribution in [2.75, 3.05) is 14.1 Å². The molecule has 0 amide bonds. The highest BCUT2D eigenvalue weighted by Gasteiger charge is 2.07. The van der Waals surface area contributed by atoms with Crippen LogP contribution in [0.3, 0.4) is 0 Å². The van der Waals surface area contributed by atoms with Gasteiger partial charge in [-0.2, -0.15) is 0 Å². The van der Waals surface area contributed by atoms with Crippen molar-refractivity contribution < 1.29 is 14.3 Å². The summed E-state index contributed by atoms with van der Waals surface area (Å²) < 4.78 is 13.6. The van der Waals surface area contributed by atoms with Gasteiger partial charge in [-0.05, 0) is 50.4 Å². The standard InChI is InChI=1S/C13H16FNO2/c1-9-6-12(14)11(8-15(2)3)7-10(9)4-5-13(16)17/h4-7H,8H2,1-3H3,(H,16,17)/b5-4+. The minimum absolute atomic E-state index is 0.260. The minimum Gasteiger partial charge on any atom is -0.478 e. The maximum atomic E-state index is 13.6. The Kier molecular flexibility index (Phi) is 4.40. The topological polar surface area (TPSA) is 40.5 Å². The molecular weight excluding hydrogens is 221 g/mol. The van der Waals surface area contributed by atoms with Gasteiger partial charge in [0.2, 0.25) is 0 Å². The van der Waals surface area contributed by atoms with Crippen LogP contribution in [0, 0.1) is 12.7 Å². The largest absolute Gasteiger partial charge is 0.478 e. The van der Waals surface area contributed by atoms with Crippen molar-refractivity contribution in [2.24, 2.45) is 0 Å². The van der Waals surface area contributed by atoms with Gasteiger partial charge in [-0.3, -0.25) is 0 Å². The molecule has 0 bridgehead atoms. The second kappa shape index (κ2) is 5.59. The fourth-order valence-corrected chi connectivity index (χ4v) is 1.54. The van der Waals surface area contributed by atoms with Crippen LogP contribution >= 0.6 is 0 Å². The van der Waals surface area contributed by atoms with E-state index in [9.17, 15) is 9.18 Å². The van der Waals surface area contributed by atoms with E-state index >= 15 is 0 Å². The van der Waals surface area contributed by atoms with Gasteiger partial charge in [-0.25, -0.2) is 9.18 Å². The molecule has 17 heavy (non-hydrogen) atoms. The number of aryl methyl sites for hydroxylation is 1. The lowest BCUT2D eigenvalue weighted by Crippen LogP contribution is -2.12. The van der Waals surface area contributed by atoms with Crippen molar-refractivity contribution in [3.8, 4) is 0 Å². The highest BCUT2D eigenvalue weighted by atomic mass is 19.1. The molecule has 0 aliphatic heterocycles. The van der Waals surface area contributed by atoms with Crippen LogP contribution in [-0.2, 0) is 11.3 Å². The molecule has 0 aromatic heterocycles. The van der Waals surface area contributed by atoms with Gasteiger partial charge in [0.25, 0.3) is 0 Å². The smallest absolute Gasteiger partial charge is 0.328 e. The van der Waals surface area contributed by atoms with Gasteiger partial charge in [0.15, 0.2) is 0 Å². The van der Waals surface area contributed by atoms with Crippen molar-refractivity contribution >= 4 is 12.0 Å². The molecule has 0 aliphatic rings. The van der Waals surface area contributed by atoms with E-state index < -0.39 is 5.97 Å². The summed E-state index contributed by atoms with van der Waals surface area (Å²) in [4.78, 5) is 12.3. The first-order valence-electron chi connectivity index (χ1n) is 5.25. The Morgan fingerprint density at radius 3 is 2.65 bits per heavy atom. The molecule has 1 N–H and O–H groups in total. The van der Waals surface area contributed by atoms with Gasteiger partial charge in [0.05, 0.1) is 0 Å². The first-order chi connectivity index (χ1) is 7.90. The molecule has 0 spiro atoms. The number of carboxylic acids is 1. The molecule has 1 rings (SSSR count). The van der Waals surface area contributed by atoms with Gasteiger partial charge in [-0.15, -0.1) is 0 Å². The number of halogens is 1. The minimum atomic E-state index is -1.01. The van der Waals surface area contributed by atoms with E-state index in [1.807, 2.05) is 19.0 Å².